The molecule has 180 valence electrons. The first kappa shape index (κ1) is 22.3. The first-order chi connectivity index (χ1) is 18.2. The van der Waals surface area contributed by atoms with Crippen molar-refractivity contribution in [1.29, 1.82) is 5.26 Å². The van der Waals surface area contributed by atoms with E-state index in [0.717, 1.165) is 79.3 Å². The van der Waals surface area contributed by atoms with Crippen molar-refractivity contribution in [2.45, 2.75) is 19.3 Å². The number of nitriles is 1. The Hall–Kier alpha value is -3.88. The Morgan fingerprint density at radius 2 is 1.65 bits per heavy atom. The van der Waals surface area contributed by atoms with Gasteiger partial charge in [0.05, 0.1) is 28.0 Å². The van der Waals surface area contributed by atoms with Gasteiger partial charge in [-0.3, -0.25) is 0 Å². The minimum atomic E-state index is 0.767. The van der Waals surface area contributed by atoms with Crippen LogP contribution in [0.3, 0.4) is 0 Å². The summed E-state index contributed by atoms with van der Waals surface area (Å²) in [7, 11) is 0. The molecular weight excluding hydrogens is 520 g/mol. The summed E-state index contributed by atoms with van der Waals surface area (Å²) < 4.78 is 1.06. The van der Waals surface area contributed by atoms with Gasteiger partial charge in [0.2, 0.25) is 0 Å². The van der Waals surface area contributed by atoms with Gasteiger partial charge in [-0.15, -0.1) is 0 Å². The molecule has 0 saturated carbocycles. The van der Waals surface area contributed by atoms with Crippen LogP contribution in [0.25, 0.3) is 38.7 Å². The van der Waals surface area contributed by atoms with E-state index < -0.39 is 0 Å². The van der Waals surface area contributed by atoms with Crippen molar-refractivity contribution < 1.29 is 0 Å². The molecule has 0 amide bonds. The summed E-state index contributed by atoms with van der Waals surface area (Å²) in [6.45, 7) is 2.82. The fourth-order valence-corrected chi connectivity index (χ4v) is 6.21. The Morgan fingerprint density at radius 1 is 0.865 bits per heavy atom. The summed E-state index contributed by atoms with van der Waals surface area (Å²) in [5.74, 6) is 0. The maximum Gasteiger partial charge on any atom is 0.102 e. The summed E-state index contributed by atoms with van der Waals surface area (Å²) in [6.07, 6.45) is 8.01. The molecule has 4 aromatic carbocycles. The predicted octanol–water partition coefficient (Wildman–Crippen LogP) is 8.33. The minimum absolute atomic E-state index is 0.767. The highest BCUT2D eigenvalue weighted by Gasteiger charge is 2.22. The second kappa shape index (κ2) is 8.90. The molecule has 0 unspecified atom stereocenters. The molecule has 1 aromatic heterocycles. The lowest BCUT2D eigenvalue weighted by Crippen LogP contribution is -2.30. The van der Waals surface area contributed by atoms with Crippen LogP contribution >= 0.6 is 15.9 Å². The van der Waals surface area contributed by atoms with Gasteiger partial charge in [-0.1, -0.05) is 52.3 Å². The molecule has 2 aliphatic rings. The molecule has 7 rings (SSSR count). The molecule has 0 atom stereocenters. The third kappa shape index (κ3) is 3.67. The lowest BCUT2D eigenvalue weighted by atomic mass is 9.95. The number of nitrogens with zero attached hydrogens (tertiary/aromatic N) is 4. The van der Waals surface area contributed by atoms with Crippen LogP contribution in [-0.2, 0) is 0 Å². The summed E-state index contributed by atoms with van der Waals surface area (Å²) in [5.41, 5.74) is 7.17. The molecule has 5 aromatic rings. The minimum Gasteiger partial charge on any atom is -0.370 e. The largest absolute Gasteiger partial charge is 0.370 e. The SMILES string of the molecule is N#Cc1c(N2CCCCC2)ccc2ccc3nc4c5c(ccc4cc3c12)C=CCN5c1ccc(Br)cc1. The normalized spacial score (nSPS) is 15.4. The summed E-state index contributed by atoms with van der Waals surface area (Å²) in [4.78, 5) is 9.96. The van der Waals surface area contributed by atoms with Crippen LogP contribution in [-0.4, -0.2) is 24.6 Å². The zero-order chi connectivity index (χ0) is 24.9. The molecule has 2 aliphatic heterocycles. The van der Waals surface area contributed by atoms with Gasteiger partial charge in [-0.25, -0.2) is 4.98 Å². The quantitative estimate of drug-likeness (QED) is 0.165. The Bertz CT molecular complexity index is 1760. The molecule has 0 N–H and O–H groups in total. The summed E-state index contributed by atoms with van der Waals surface area (Å²) in [5, 5.41) is 14.6. The Kier molecular flexibility index (Phi) is 5.37. The van der Waals surface area contributed by atoms with Crippen molar-refractivity contribution in [3.63, 3.8) is 0 Å². The van der Waals surface area contributed by atoms with Crippen LogP contribution in [0.2, 0.25) is 0 Å². The molecule has 0 bridgehead atoms. The average Bonchev–Trinajstić information content (AvgIpc) is 2.96. The number of halogens is 1. The van der Waals surface area contributed by atoms with E-state index in [1.54, 1.807) is 0 Å². The van der Waals surface area contributed by atoms with Crippen molar-refractivity contribution in [1.82, 2.24) is 4.98 Å². The lowest BCUT2D eigenvalue weighted by molar-refractivity contribution is 0.578. The highest BCUT2D eigenvalue weighted by molar-refractivity contribution is 9.10. The van der Waals surface area contributed by atoms with E-state index in [4.69, 9.17) is 4.98 Å². The van der Waals surface area contributed by atoms with E-state index in [2.05, 4.69) is 111 Å². The van der Waals surface area contributed by atoms with Gasteiger partial charge in [0.1, 0.15) is 6.07 Å². The molecular formula is C32H25BrN4. The van der Waals surface area contributed by atoms with Crippen molar-refractivity contribution in [2.24, 2.45) is 0 Å². The predicted molar refractivity (Wildman–Crippen MR) is 158 cm³/mol. The molecule has 1 fully saturated rings. The van der Waals surface area contributed by atoms with Crippen molar-refractivity contribution in [2.75, 3.05) is 29.4 Å². The lowest BCUT2D eigenvalue weighted by Gasteiger charge is -2.30. The van der Waals surface area contributed by atoms with Crippen LogP contribution in [0.1, 0.15) is 30.4 Å². The highest BCUT2D eigenvalue weighted by Crippen LogP contribution is 2.41. The number of fused-ring (bicyclic) bond motifs is 6. The number of hydrogen-bond donors (Lipinski definition) is 0. The maximum atomic E-state index is 10.3. The number of aromatic nitrogens is 1. The van der Waals surface area contributed by atoms with Gasteiger partial charge >= 0.3 is 0 Å². The standard InChI is InChI=1S/C32H25BrN4/c33-24-10-12-25(13-11-24)37-18-4-5-22-6-7-23-19-26-28(35-31(23)32(22)37)14-8-21-9-15-29(27(20-34)30(21)26)36-16-2-1-3-17-36/h4-15,19H,1-3,16-18H2. The van der Waals surface area contributed by atoms with Gasteiger partial charge in [-0.2, -0.15) is 5.26 Å². The van der Waals surface area contributed by atoms with E-state index >= 15 is 0 Å². The van der Waals surface area contributed by atoms with Crippen molar-refractivity contribution >= 4 is 71.6 Å². The Balaban J connectivity index is 1.48. The van der Waals surface area contributed by atoms with Gasteiger partial charge in [0, 0.05) is 51.5 Å². The Morgan fingerprint density at radius 3 is 2.46 bits per heavy atom. The molecule has 3 heterocycles. The van der Waals surface area contributed by atoms with Crippen molar-refractivity contribution in [3.05, 3.63) is 88.4 Å². The topological polar surface area (TPSA) is 43.2 Å². The van der Waals surface area contributed by atoms with Gasteiger partial charge in [0.15, 0.2) is 0 Å². The zero-order valence-electron chi connectivity index (χ0n) is 20.4. The smallest absolute Gasteiger partial charge is 0.102 e. The summed E-state index contributed by atoms with van der Waals surface area (Å²) >= 11 is 3.56. The highest BCUT2D eigenvalue weighted by atomic mass is 79.9. The maximum absolute atomic E-state index is 10.3. The number of hydrogen-bond acceptors (Lipinski definition) is 4. The second-order valence-corrected chi connectivity index (χ2v) is 10.8. The zero-order valence-corrected chi connectivity index (χ0v) is 22.0. The number of rotatable bonds is 2. The monoisotopic (exact) mass is 544 g/mol. The second-order valence-electron chi connectivity index (χ2n) is 9.90. The third-order valence-corrected chi connectivity index (χ3v) is 8.26. The van der Waals surface area contributed by atoms with Gasteiger partial charge in [-0.05, 0) is 67.1 Å². The van der Waals surface area contributed by atoms with Gasteiger partial charge in [0.25, 0.3) is 0 Å². The van der Waals surface area contributed by atoms with Crippen LogP contribution < -0.4 is 9.80 Å². The first-order valence-electron chi connectivity index (χ1n) is 12.9. The van der Waals surface area contributed by atoms with E-state index in [9.17, 15) is 5.26 Å². The Labute approximate surface area is 224 Å². The van der Waals surface area contributed by atoms with Crippen LogP contribution in [0.5, 0.6) is 0 Å². The molecule has 5 heteroatoms. The first-order valence-corrected chi connectivity index (χ1v) is 13.7. The molecule has 37 heavy (non-hydrogen) atoms. The molecule has 4 nitrogen and oxygen atoms in total. The summed E-state index contributed by atoms with van der Waals surface area (Å²) in [6, 6.07) is 26.1. The van der Waals surface area contributed by atoms with Crippen LogP contribution in [0.4, 0.5) is 17.1 Å². The van der Waals surface area contributed by atoms with E-state index in [1.165, 1.54) is 24.8 Å². The molecule has 0 aliphatic carbocycles. The third-order valence-electron chi connectivity index (χ3n) is 7.73. The fourth-order valence-electron chi connectivity index (χ4n) is 5.95. The number of piperidine rings is 1. The molecule has 0 radical (unpaired) electrons. The molecule has 1 saturated heterocycles. The van der Waals surface area contributed by atoms with Crippen LogP contribution in [0, 0.1) is 11.3 Å². The van der Waals surface area contributed by atoms with Gasteiger partial charge < -0.3 is 9.80 Å². The van der Waals surface area contributed by atoms with E-state index in [0.29, 0.717) is 0 Å². The number of pyridine rings is 1. The van der Waals surface area contributed by atoms with E-state index in [-0.39, 0.29) is 0 Å². The van der Waals surface area contributed by atoms with Crippen LogP contribution in [0.15, 0.2) is 77.3 Å². The number of benzene rings is 4. The van der Waals surface area contributed by atoms with E-state index in [1.807, 2.05) is 0 Å². The average molecular weight is 545 g/mol. The number of anilines is 3. The fraction of sp³-hybridized carbons (Fsp3) is 0.188. The van der Waals surface area contributed by atoms with Crippen molar-refractivity contribution in [3.8, 4) is 6.07 Å². The molecule has 0 spiro atoms.